The van der Waals surface area contributed by atoms with Crippen molar-refractivity contribution in [3.8, 4) is 5.75 Å². The van der Waals surface area contributed by atoms with Gasteiger partial charge in [0.15, 0.2) is 0 Å². The van der Waals surface area contributed by atoms with Gasteiger partial charge in [-0.1, -0.05) is 12.1 Å². The Balaban J connectivity index is 2.66. The van der Waals surface area contributed by atoms with Crippen LogP contribution >= 0.6 is 0 Å². The molecule has 0 saturated carbocycles. The third-order valence-electron chi connectivity index (χ3n) is 2.56. The maximum absolute atomic E-state index is 5.79. The molecule has 102 valence electrons. The number of ether oxygens (including phenoxy) is 2. The number of hydrogen-bond acceptors (Lipinski definition) is 4. The van der Waals surface area contributed by atoms with E-state index in [0.29, 0.717) is 13.2 Å². The van der Waals surface area contributed by atoms with Crippen LogP contribution in [-0.4, -0.2) is 32.9 Å². The zero-order chi connectivity index (χ0) is 13.4. The van der Waals surface area contributed by atoms with Crippen LogP contribution in [0.1, 0.15) is 25.5 Å². The molecule has 0 heterocycles. The summed E-state index contributed by atoms with van der Waals surface area (Å²) in [6, 6.07) is 8.19. The molecule has 0 radical (unpaired) electrons. The number of hydrogen-bond donors (Lipinski definition) is 2. The number of benzene rings is 1. The summed E-state index contributed by atoms with van der Waals surface area (Å²) < 4.78 is 10.7. The Morgan fingerprint density at radius 2 is 2.11 bits per heavy atom. The summed E-state index contributed by atoms with van der Waals surface area (Å²) in [4.78, 5) is 0. The average Bonchev–Trinajstić information content (AvgIpc) is 2.34. The van der Waals surface area contributed by atoms with E-state index in [4.69, 9.17) is 15.2 Å². The van der Waals surface area contributed by atoms with Gasteiger partial charge < -0.3 is 20.5 Å². The van der Waals surface area contributed by atoms with E-state index in [9.17, 15) is 0 Å². The third-order valence-corrected chi connectivity index (χ3v) is 2.56. The molecule has 18 heavy (non-hydrogen) atoms. The molecule has 0 fully saturated rings. The first-order chi connectivity index (χ1) is 8.67. The highest BCUT2D eigenvalue weighted by Crippen LogP contribution is 2.19. The van der Waals surface area contributed by atoms with Crippen molar-refractivity contribution >= 4 is 0 Å². The average molecular weight is 252 g/mol. The summed E-state index contributed by atoms with van der Waals surface area (Å²) in [7, 11) is 1.69. The highest BCUT2D eigenvalue weighted by molar-refractivity contribution is 5.31. The number of rotatable bonds is 8. The molecule has 0 bridgehead atoms. The number of methoxy groups -OCH3 is 1. The highest BCUT2D eigenvalue weighted by Gasteiger charge is 2.09. The molecule has 4 nitrogen and oxygen atoms in total. The summed E-state index contributed by atoms with van der Waals surface area (Å²) in [5, 5.41) is 3.36. The summed E-state index contributed by atoms with van der Waals surface area (Å²) >= 11 is 0. The second-order valence-electron chi connectivity index (χ2n) is 4.47. The van der Waals surface area contributed by atoms with Crippen LogP contribution in [0.5, 0.6) is 5.75 Å². The highest BCUT2D eigenvalue weighted by atomic mass is 16.5. The molecule has 1 atom stereocenters. The molecule has 0 spiro atoms. The SMILES string of the molecule is COCCNC(CN)c1cccc(OC(C)C)c1. The first-order valence-electron chi connectivity index (χ1n) is 6.36. The lowest BCUT2D eigenvalue weighted by molar-refractivity contribution is 0.196. The van der Waals surface area contributed by atoms with Gasteiger partial charge in [0, 0.05) is 26.2 Å². The van der Waals surface area contributed by atoms with Gasteiger partial charge >= 0.3 is 0 Å². The second-order valence-corrected chi connectivity index (χ2v) is 4.47. The summed E-state index contributed by atoms with van der Waals surface area (Å²) in [6.07, 6.45) is 0.179. The maximum atomic E-state index is 5.79. The molecule has 0 aliphatic rings. The van der Waals surface area contributed by atoms with E-state index in [1.807, 2.05) is 32.0 Å². The van der Waals surface area contributed by atoms with Gasteiger partial charge in [0.1, 0.15) is 5.75 Å². The van der Waals surface area contributed by atoms with Crippen molar-refractivity contribution in [3.05, 3.63) is 29.8 Å². The van der Waals surface area contributed by atoms with Crippen molar-refractivity contribution in [1.29, 1.82) is 0 Å². The predicted octanol–water partition coefficient (Wildman–Crippen LogP) is 1.71. The molecule has 3 N–H and O–H groups in total. The van der Waals surface area contributed by atoms with Gasteiger partial charge in [-0.25, -0.2) is 0 Å². The fourth-order valence-electron chi connectivity index (χ4n) is 1.75. The van der Waals surface area contributed by atoms with E-state index in [2.05, 4.69) is 11.4 Å². The molecule has 4 heteroatoms. The van der Waals surface area contributed by atoms with Gasteiger partial charge in [-0.2, -0.15) is 0 Å². The lowest BCUT2D eigenvalue weighted by Gasteiger charge is -2.18. The zero-order valence-corrected chi connectivity index (χ0v) is 11.5. The molecule has 1 aromatic carbocycles. The van der Waals surface area contributed by atoms with Gasteiger partial charge in [0.25, 0.3) is 0 Å². The van der Waals surface area contributed by atoms with Crippen molar-refractivity contribution < 1.29 is 9.47 Å². The summed E-state index contributed by atoms with van der Waals surface area (Å²) in [5.41, 5.74) is 6.94. The Bertz CT molecular complexity index is 342. The van der Waals surface area contributed by atoms with Crippen molar-refractivity contribution in [2.45, 2.75) is 26.0 Å². The Hall–Kier alpha value is -1.10. The maximum Gasteiger partial charge on any atom is 0.120 e. The van der Waals surface area contributed by atoms with Crippen molar-refractivity contribution in [2.75, 3.05) is 26.8 Å². The van der Waals surface area contributed by atoms with E-state index in [1.54, 1.807) is 7.11 Å². The molecule has 1 aromatic rings. The molecular formula is C14H24N2O2. The van der Waals surface area contributed by atoms with E-state index in [0.717, 1.165) is 17.9 Å². The normalized spacial score (nSPS) is 12.7. The largest absolute Gasteiger partial charge is 0.491 e. The Morgan fingerprint density at radius 3 is 2.72 bits per heavy atom. The standard InChI is InChI=1S/C14H24N2O2/c1-11(2)18-13-6-4-5-12(9-13)14(10-15)16-7-8-17-3/h4-6,9,11,14,16H,7-8,10,15H2,1-3H3. The van der Waals surface area contributed by atoms with Crippen LogP contribution in [0.25, 0.3) is 0 Å². The van der Waals surface area contributed by atoms with Crippen molar-refractivity contribution in [2.24, 2.45) is 5.73 Å². The minimum absolute atomic E-state index is 0.135. The third kappa shape index (κ3) is 5.04. The Labute approximate surface area is 109 Å². The molecule has 1 unspecified atom stereocenters. The Kier molecular flexibility index (Phi) is 6.72. The second kappa shape index (κ2) is 8.08. The Morgan fingerprint density at radius 1 is 1.33 bits per heavy atom. The van der Waals surface area contributed by atoms with Crippen LogP contribution < -0.4 is 15.8 Å². The van der Waals surface area contributed by atoms with Crippen LogP contribution in [0.4, 0.5) is 0 Å². The van der Waals surface area contributed by atoms with E-state index >= 15 is 0 Å². The molecule has 0 amide bonds. The fourth-order valence-corrected chi connectivity index (χ4v) is 1.75. The van der Waals surface area contributed by atoms with Crippen molar-refractivity contribution in [3.63, 3.8) is 0 Å². The number of nitrogens with two attached hydrogens (primary N) is 1. The molecule has 0 aromatic heterocycles. The topological polar surface area (TPSA) is 56.5 Å². The lowest BCUT2D eigenvalue weighted by Crippen LogP contribution is -2.30. The van der Waals surface area contributed by atoms with Gasteiger partial charge in [-0.05, 0) is 31.5 Å². The van der Waals surface area contributed by atoms with Gasteiger partial charge in [0.2, 0.25) is 0 Å². The van der Waals surface area contributed by atoms with Gasteiger partial charge in [0.05, 0.1) is 12.7 Å². The van der Waals surface area contributed by atoms with Crippen LogP contribution in [0.2, 0.25) is 0 Å². The van der Waals surface area contributed by atoms with Crippen LogP contribution in [-0.2, 0) is 4.74 Å². The smallest absolute Gasteiger partial charge is 0.120 e. The van der Waals surface area contributed by atoms with Crippen LogP contribution in [0.3, 0.4) is 0 Å². The van der Waals surface area contributed by atoms with Gasteiger partial charge in [-0.3, -0.25) is 0 Å². The van der Waals surface area contributed by atoms with E-state index in [1.165, 1.54) is 0 Å². The molecule has 0 aliphatic heterocycles. The molecule has 0 aliphatic carbocycles. The van der Waals surface area contributed by atoms with Gasteiger partial charge in [-0.15, -0.1) is 0 Å². The van der Waals surface area contributed by atoms with E-state index < -0.39 is 0 Å². The zero-order valence-electron chi connectivity index (χ0n) is 11.5. The predicted molar refractivity (Wildman–Crippen MR) is 73.9 cm³/mol. The van der Waals surface area contributed by atoms with E-state index in [-0.39, 0.29) is 12.1 Å². The summed E-state index contributed by atoms with van der Waals surface area (Å²) in [6.45, 7) is 6.05. The first-order valence-corrected chi connectivity index (χ1v) is 6.36. The molecular weight excluding hydrogens is 228 g/mol. The molecule has 1 rings (SSSR count). The first kappa shape index (κ1) is 15.0. The summed E-state index contributed by atoms with van der Waals surface area (Å²) in [5.74, 6) is 0.884. The van der Waals surface area contributed by atoms with Crippen LogP contribution in [0.15, 0.2) is 24.3 Å². The minimum atomic E-state index is 0.135. The van der Waals surface area contributed by atoms with Crippen LogP contribution in [0, 0.1) is 0 Å². The monoisotopic (exact) mass is 252 g/mol. The minimum Gasteiger partial charge on any atom is -0.491 e. The molecule has 0 saturated heterocycles. The quantitative estimate of drug-likeness (QED) is 0.692. The number of nitrogens with one attached hydrogen (secondary N) is 1. The lowest BCUT2D eigenvalue weighted by atomic mass is 10.1. The fraction of sp³-hybridized carbons (Fsp3) is 0.571. The van der Waals surface area contributed by atoms with Crippen molar-refractivity contribution in [1.82, 2.24) is 5.32 Å².